The fourth-order valence-electron chi connectivity index (χ4n) is 7.42. The van der Waals surface area contributed by atoms with Crippen LogP contribution in [0.3, 0.4) is 0 Å². The Morgan fingerprint density at radius 2 is 1.02 bits per heavy atom. The molecular weight excluding hydrogens is 894 g/mol. The Hall–Kier alpha value is -4.30. The van der Waals surface area contributed by atoms with Gasteiger partial charge in [-0.05, 0) is 122 Å². The number of hydrogen-bond acceptors (Lipinski definition) is 12. The van der Waals surface area contributed by atoms with Gasteiger partial charge in [0, 0.05) is 65.2 Å². The molecule has 22 heteroatoms. The summed E-state index contributed by atoms with van der Waals surface area (Å²) in [6.45, 7) is 3.82. The number of aryl methyl sites for hydroxylation is 2. The smallest absolute Gasteiger partial charge is 0.464 e. The number of hydrogen-bond donors (Lipinski definition) is 2. The molecule has 10 nitrogen and oxygen atoms in total. The van der Waals surface area contributed by atoms with Crippen molar-refractivity contribution in [1.29, 1.82) is 0 Å². The Morgan fingerprint density at radius 3 is 1.43 bits per heavy atom. The van der Waals surface area contributed by atoms with Crippen LogP contribution >= 0.6 is 23.5 Å². The van der Waals surface area contributed by atoms with Crippen LogP contribution in [-0.4, -0.2) is 69.5 Å². The summed E-state index contributed by atoms with van der Waals surface area (Å²) in [5.41, 5.74) is 6.50. The summed E-state index contributed by atoms with van der Waals surface area (Å²) in [4.78, 5) is 12.1. The Balaban J connectivity index is 0.000000198. The molecule has 0 atom stereocenters. The second-order valence-electron chi connectivity index (χ2n) is 14.0. The van der Waals surface area contributed by atoms with Gasteiger partial charge in [0.25, 0.3) is 0 Å². The van der Waals surface area contributed by atoms with Crippen molar-refractivity contribution >= 4 is 57.9 Å². The molecule has 6 heterocycles. The number of aromatic hydroxyl groups is 2. The van der Waals surface area contributed by atoms with Gasteiger partial charge in [-0.2, -0.15) is 30.7 Å². The van der Waals surface area contributed by atoms with Crippen LogP contribution in [0.4, 0.5) is 73.9 Å². The molecule has 324 valence electrons. The Bertz CT molecular complexity index is 2260. The minimum absolute atomic E-state index is 0. The fourth-order valence-corrected chi connectivity index (χ4v) is 8.74. The molecule has 60 heavy (non-hydrogen) atoms. The first-order valence-electron chi connectivity index (χ1n) is 18.5. The SMILES string of the molecule is Oc1c(N=Nc2cccc(SC(F)(F)C(F)(F)F)n2)cc2c3c1CCCN3CCC2.Oc1c(N=Nc2cccc(SC(F)(F)C(F)F)n2)cc2c3c1CCCN3CCC2.[Ni]. The molecule has 2 aromatic heterocycles. The van der Waals surface area contributed by atoms with Gasteiger partial charge >= 0.3 is 23.1 Å². The maximum atomic E-state index is 13.2. The second-order valence-corrected chi connectivity index (χ2v) is 16.3. The van der Waals surface area contributed by atoms with Crippen molar-refractivity contribution in [3.05, 3.63) is 70.8 Å². The van der Waals surface area contributed by atoms with E-state index in [9.17, 15) is 49.7 Å². The molecule has 0 bridgehead atoms. The number of anilines is 2. The van der Waals surface area contributed by atoms with Gasteiger partial charge in [0.2, 0.25) is 0 Å². The van der Waals surface area contributed by atoms with Crippen LogP contribution < -0.4 is 9.80 Å². The van der Waals surface area contributed by atoms with E-state index >= 15 is 0 Å². The van der Waals surface area contributed by atoms with Crippen molar-refractivity contribution in [3.63, 3.8) is 0 Å². The zero-order chi connectivity index (χ0) is 42.1. The molecule has 0 saturated carbocycles. The molecule has 4 aliphatic rings. The van der Waals surface area contributed by atoms with Crippen molar-refractivity contribution in [2.75, 3.05) is 36.0 Å². The number of alkyl halides is 9. The van der Waals surface area contributed by atoms with Gasteiger partial charge in [-0.25, -0.2) is 18.7 Å². The molecule has 0 radical (unpaired) electrons. The van der Waals surface area contributed by atoms with Gasteiger partial charge in [0.1, 0.15) is 32.9 Å². The number of halogens is 9. The molecule has 0 spiro atoms. The van der Waals surface area contributed by atoms with Crippen molar-refractivity contribution < 1.29 is 66.2 Å². The van der Waals surface area contributed by atoms with E-state index in [2.05, 4.69) is 40.2 Å². The minimum Gasteiger partial charge on any atom is -0.505 e. The summed E-state index contributed by atoms with van der Waals surface area (Å²) in [6, 6.07) is 11.2. The molecular formula is C38H35F9N8NiO2S2. The van der Waals surface area contributed by atoms with E-state index in [0.29, 0.717) is 12.1 Å². The second kappa shape index (κ2) is 18.4. The maximum absolute atomic E-state index is 13.2. The number of aromatic nitrogens is 2. The average Bonchev–Trinajstić information content (AvgIpc) is 3.19. The van der Waals surface area contributed by atoms with Crippen molar-refractivity contribution in [2.45, 2.75) is 84.5 Å². The zero-order valence-corrected chi connectivity index (χ0v) is 33.8. The average molecular weight is 930 g/mol. The molecule has 0 aliphatic carbocycles. The Morgan fingerprint density at radius 1 is 0.600 bits per heavy atom. The monoisotopic (exact) mass is 928 g/mol. The Kier molecular flexibility index (Phi) is 13.8. The summed E-state index contributed by atoms with van der Waals surface area (Å²) in [5.74, 6) is -0.0649. The third-order valence-electron chi connectivity index (χ3n) is 9.94. The van der Waals surface area contributed by atoms with Gasteiger partial charge in [0.05, 0.1) is 0 Å². The number of phenols is 2. The van der Waals surface area contributed by atoms with E-state index in [0.717, 1.165) is 111 Å². The normalized spacial score (nSPS) is 16.4. The Labute approximate surface area is 356 Å². The van der Waals surface area contributed by atoms with E-state index in [-0.39, 0.29) is 62.1 Å². The zero-order valence-electron chi connectivity index (χ0n) is 31.2. The van der Waals surface area contributed by atoms with Crippen LogP contribution in [0.2, 0.25) is 0 Å². The first-order chi connectivity index (χ1) is 28.0. The van der Waals surface area contributed by atoms with Crippen molar-refractivity contribution in [1.82, 2.24) is 9.97 Å². The van der Waals surface area contributed by atoms with Crippen LogP contribution in [0.1, 0.15) is 47.9 Å². The quantitative estimate of drug-likeness (QED) is 0.0736. The standard InChI is InChI=1S/C19H17F5N4OS.C19H18F4N4OS.Ni/c20-18(21,22)19(23,24)30-15-7-1-6-14(25-15)27-26-13-10-11-4-2-8-28-9-3-5-12(16(11)28)17(13)29;20-18(21)19(22,23)29-15-7-1-6-14(24-15)26-25-13-10-11-4-2-8-27-9-3-5-12(16(11)27)17(13)28;/h1,6-7,10,29H,2-5,8-9H2;1,6-7,10,18,28H,2-5,8-9H2;. The number of rotatable bonds is 9. The number of azo groups is 2. The molecule has 8 rings (SSSR count). The number of benzene rings is 2. The molecule has 0 amide bonds. The largest absolute Gasteiger partial charge is 0.505 e. The van der Waals surface area contributed by atoms with Crippen LogP contribution in [0.15, 0.2) is 79.0 Å². The van der Waals surface area contributed by atoms with E-state index in [1.807, 2.05) is 0 Å². The summed E-state index contributed by atoms with van der Waals surface area (Å²) in [6.07, 6.45) is -2.44. The third-order valence-corrected chi connectivity index (χ3v) is 11.8. The van der Waals surface area contributed by atoms with Crippen molar-refractivity contribution in [2.24, 2.45) is 20.5 Å². The molecule has 2 aromatic carbocycles. The van der Waals surface area contributed by atoms with Gasteiger partial charge < -0.3 is 20.0 Å². The number of phenolic OH excluding ortho intramolecular Hbond substituents is 2. The molecule has 0 fully saturated rings. The molecule has 4 aliphatic heterocycles. The van der Waals surface area contributed by atoms with Crippen LogP contribution in [-0.2, 0) is 42.2 Å². The number of thioether (sulfide) groups is 2. The predicted octanol–water partition coefficient (Wildman–Crippen LogP) is 12.0. The molecule has 0 unspecified atom stereocenters. The van der Waals surface area contributed by atoms with E-state index in [1.54, 1.807) is 12.1 Å². The van der Waals surface area contributed by atoms with E-state index in [4.69, 9.17) is 0 Å². The predicted molar refractivity (Wildman–Crippen MR) is 204 cm³/mol. The third kappa shape index (κ3) is 9.91. The molecule has 2 N–H and O–H groups in total. The topological polar surface area (TPSA) is 122 Å². The number of pyridine rings is 2. The van der Waals surface area contributed by atoms with Crippen LogP contribution in [0, 0.1) is 0 Å². The summed E-state index contributed by atoms with van der Waals surface area (Å²) >= 11 is -1.03. The fraction of sp³-hybridized carbons (Fsp3) is 0.421. The van der Waals surface area contributed by atoms with E-state index < -0.39 is 39.9 Å². The molecule has 4 aromatic rings. The summed E-state index contributed by atoms with van der Waals surface area (Å²) in [7, 11) is 0. The summed E-state index contributed by atoms with van der Waals surface area (Å²) < 4.78 is 115. The van der Waals surface area contributed by atoms with E-state index in [1.165, 1.54) is 30.3 Å². The van der Waals surface area contributed by atoms with Gasteiger partial charge in [-0.15, -0.1) is 20.5 Å². The van der Waals surface area contributed by atoms with Crippen LogP contribution in [0.25, 0.3) is 0 Å². The molecule has 0 saturated heterocycles. The van der Waals surface area contributed by atoms with Crippen molar-refractivity contribution in [3.8, 4) is 11.5 Å². The van der Waals surface area contributed by atoms with Gasteiger partial charge in [-0.3, -0.25) is 0 Å². The first kappa shape index (κ1) is 45.2. The number of nitrogens with zero attached hydrogens (tertiary/aromatic N) is 8. The van der Waals surface area contributed by atoms with Crippen LogP contribution in [0.5, 0.6) is 11.5 Å². The van der Waals surface area contributed by atoms with Gasteiger partial charge in [0.15, 0.2) is 11.6 Å². The van der Waals surface area contributed by atoms with Gasteiger partial charge in [-0.1, -0.05) is 12.1 Å². The summed E-state index contributed by atoms with van der Waals surface area (Å²) in [5, 5.41) is 27.1. The first-order valence-corrected chi connectivity index (χ1v) is 20.2. The maximum Gasteiger partial charge on any atom is 0.464 e. The minimum atomic E-state index is -5.69.